The second-order valence-electron chi connectivity index (χ2n) is 5.50. The highest BCUT2D eigenvalue weighted by atomic mass is 32.2. The summed E-state index contributed by atoms with van der Waals surface area (Å²) in [5, 5.41) is 4.91. The van der Waals surface area contributed by atoms with Gasteiger partial charge in [-0.05, 0) is 44.5 Å². The molecule has 0 fully saturated rings. The summed E-state index contributed by atoms with van der Waals surface area (Å²) >= 11 is 3.25. The molecule has 2 aromatic rings. The van der Waals surface area contributed by atoms with Crippen LogP contribution < -0.4 is 11.1 Å². The first-order chi connectivity index (χ1) is 10.4. The number of nitrogens with zero attached hydrogens (tertiary/aromatic N) is 1. The molecular weight excluding hydrogens is 314 g/mol. The van der Waals surface area contributed by atoms with Gasteiger partial charge >= 0.3 is 0 Å². The summed E-state index contributed by atoms with van der Waals surface area (Å²) in [5.74, 6) is -0.148. The molecule has 0 spiro atoms. The van der Waals surface area contributed by atoms with E-state index >= 15 is 0 Å². The number of hydrogen-bond acceptors (Lipinski definition) is 5. The number of nitrogens with one attached hydrogen (secondary N) is 1. The highest BCUT2D eigenvalue weighted by Gasteiger charge is 2.27. The van der Waals surface area contributed by atoms with Crippen molar-refractivity contribution >= 4 is 34.7 Å². The second kappa shape index (κ2) is 7.26. The minimum atomic E-state index is -0.833. The van der Waals surface area contributed by atoms with Crippen LogP contribution in [0.5, 0.6) is 0 Å². The van der Waals surface area contributed by atoms with Gasteiger partial charge in [0.05, 0.1) is 5.54 Å². The predicted molar refractivity (Wildman–Crippen MR) is 93.5 cm³/mol. The van der Waals surface area contributed by atoms with Crippen molar-refractivity contribution in [3.05, 3.63) is 35.3 Å². The van der Waals surface area contributed by atoms with E-state index in [1.807, 2.05) is 43.5 Å². The quantitative estimate of drug-likeness (QED) is 0.835. The molecule has 0 saturated carbocycles. The third-order valence-corrected chi connectivity index (χ3v) is 5.27. The van der Waals surface area contributed by atoms with Crippen molar-refractivity contribution < 1.29 is 4.79 Å². The van der Waals surface area contributed by atoms with Crippen LogP contribution in [0.15, 0.2) is 38.9 Å². The number of amides is 1. The van der Waals surface area contributed by atoms with Gasteiger partial charge in [-0.15, -0.1) is 11.3 Å². The first-order valence-corrected chi connectivity index (χ1v) is 8.90. The Bertz CT molecular complexity index is 635. The summed E-state index contributed by atoms with van der Waals surface area (Å²) < 4.78 is 1.02. The fourth-order valence-corrected chi connectivity index (χ4v) is 3.80. The lowest BCUT2D eigenvalue weighted by molar-refractivity contribution is -0.120. The Kier molecular flexibility index (Phi) is 5.61. The smallest absolute Gasteiger partial charge is 0.244 e. The molecule has 0 aliphatic heterocycles. The van der Waals surface area contributed by atoms with Gasteiger partial charge in [-0.1, -0.05) is 25.1 Å². The van der Waals surface area contributed by atoms with E-state index in [0.29, 0.717) is 6.42 Å². The molecule has 0 aliphatic carbocycles. The van der Waals surface area contributed by atoms with E-state index < -0.39 is 5.54 Å². The Morgan fingerprint density at radius 2 is 2.09 bits per heavy atom. The number of rotatable bonds is 6. The van der Waals surface area contributed by atoms with Crippen molar-refractivity contribution in [1.29, 1.82) is 0 Å². The number of carbonyl (C=O) groups excluding carboxylic acids is 1. The lowest BCUT2D eigenvalue weighted by atomic mass is 9.96. The zero-order valence-electron chi connectivity index (χ0n) is 13.1. The molecule has 118 valence electrons. The molecule has 0 saturated heterocycles. The number of carbonyl (C=O) groups is 1. The lowest BCUT2D eigenvalue weighted by Crippen LogP contribution is -2.48. The van der Waals surface area contributed by atoms with Crippen molar-refractivity contribution in [3.63, 3.8) is 0 Å². The molecule has 4 nitrogen and oxygen atoms in total. The van der Waals surface area contributed by atoms with E-state index in [1.165, 1.54) is 0 Å². The molecule has 1 aromatic carbocycles. The van der Waals surface area contributed by atoms with Gasteiger partial charge in [0, 0.05) is 21.7 Å². The first-order valence-electron chi connectivity index (χ1n) is 7.21. The number of anilines is 1. The van der Waals surface area contributed by atoms with Crippen molar-refractivity contribution in [1.82, 2.24) is 4.98 Å². The average Bonchev–Trinajstić information content (AvgIpc) is 2.86. The molecule has 1 amide bonds. The number of aryl methyl sites for hydroxylation is 1. The SMILES string of the molecule is CCCC(C)(N)C(=O)Nc1ccc(Sc2nc(C)cs2)cc1. The summed E-state index contributed by atoms with van der Waals surface area (Å²) in [7, 11) is 0. The summed E-state index contributed by atoms with van der Waals surface area (Å²) in [6.45, 7) is 5.77. The minimum absolute atomic E-state index is 0.148. The number of nitrogens with two attached hydrogens (primary N) is 1. The molecule has 1 atom stereocenters. The normalized spacial score (nSPS) is 13.6. The van der Waals surface area contributed by atoms with Crippen LogP contribution in [0.4, 0.5) is 5.69 Å². The van der Waals surface area contributed by atoms with Crippen LogP contribution in [0.3, 0.4) is 0 Å². The van der Waals surface area contributed by atoms with Gasteiger partial charge < -0.3 is 11.1 Å². The predicted octanol–water partition coefficient (Wildman–Crippen LogP) is 4.06. The standard InChI is InChI=1S/C16H21N3OS2/c1-4-9-16(3,17)14(20)19-12-5-7-13(8-6-12)22-15-18-11(2)10-21-15/h5-8,10H,4,9,17H2,1-3H3,(H,19,20). The molecule has 1 aromatic heterocycles. The van der Waals surface area contributed by atoms with E-state index in [2.05, 4.69) is 10.3 Å². The fourth-order valence-electron chi connectivity index (χ4n) is 1.99. The Morgan fingerprint density at radius 1 is 1.41 bits per heavy atom. The topological polar surface area (TPSA) is 68.0 Å². The zero-order valence-corrected chi connectivity index (χ0v) is 14.7. The molecule has 6 heteroatoms. The van der Waals surface area contributed by atoms with Crippen molar-refractivity contribution in [2.24, 2.45) is 5.73 Å². The largest absolute Gasteiger partial charge is 0.325 e. The monoisotopic (exact) mass is 335 g/mol. The van der Waals surface area contributed by atoms with Crippen LogP contribution in [0, 0.1) is 6.92 Å². The molecule has 1 heterocycles. The molecule has 2 rings (SSSR count). The van der Waals surface area contributed by atoms with Gasteiger partial charge in [-0.25, -0.2) is 4.98 Å². The molecular formula is C16H21N3OS2. The lowest BCUT2D eigenvalue weighted by Gasteiger charge is -2.22. The van der Waals surface area contributed by atoms with Crippen molar-refractivity contribution in [3.8, 4) is 0 Å². The Morgan fingerprint density at radius 3 is 2.64 bits per heavy atom. The summed E-state index contributed by atoms with van der Waals surface area (Å²) in [6.07, 6.45) is 1.54. The van der Waals surface area contributed by atoms with E-state index in [-0.39, 0.29) is 5.91 Å². The van der Waals surface area contributed by atoms with Crippen molar-refractivity contribution in [2.45, 2.75) is 48.4 Å². The fraction of sp³-hybridized carbons (Fsp3) is 0.375. The number of benzene rings is 1. The van der Waals surface area contributed by atoms with Crippen LogP contribution in [0.1, 0.15) is 32.4 Å². The second-order valence-corrected chi connectivity index (χ2v) is 7.68. The molecule has 0 radical (unpaired) electrons. The third kappa shape index (κ3) is 4.56. The molecule has 1 unspecified atom stereocenters. The number of aromatic nitrogens is 1. The van der Waals surface area contributed by atoms with Crippen LogP contribution >= 0.6 is 23.1 Å². The van der Waals surface area contributed by atoms with E-state index in [1.54, 1.807) is 30.0 Å². The van der Waals surface area contributed by atoms with Crippen LogP contribution in [0.25, 0.3) is 0 Å². The van der Waals surface area contributed by atoms with Gasteiger partial charge in [0.25, 0.3) is 0 Å². The summed E-state index contributed by atoms with van der Waals surface area (Å²) in [5.41, 5.74) is 7.00. The summed E-state index contributed by atoms with van der Waals surface area (Å²) in [4.78, 5) is 17.7. The maximum atomic E-state index is 12.2. The van der Waals surface area contributed by atoms with Crippen LogP contribution in [-0.4, -0.2) is 16.4 Å². The number of hydrogen-bond donors (Lipinski definition) is 2. The Labute approximate surface area is 139 Å². The van der Waals surface area contributed by atoms with Gasteiger partial charge in [0.15, 0.2) is 4.34 Å². The van der Waals surface area contributed by atoms with Crippen LogP contribution in [-0.2, 0) is 4.79 Å². The van der Waals surface area contributed by atoms with Gasteiger partial charge in [0.2, 0.25) is 5.91 Å². The highest BCUT2D eigenvalue weighted by Crippen LogP contribution is 2.30. The van der Waals surface area contributed by atoms with Gasteiger partial charge in [-0.2, -0.15) is 0 Å². The van der Waals surface area contributed by atoms with Gasteiger partial charge in [-0.3, -0.25) is 4.79 Å². The van der Waals surface area contributed by atoms with Crippen molar-refractivity contribution in [2.75, 3.05) is 5.32 Å². The highest BCUT2D eigenvalue weighted by molar-refractivity contribution is 8.01. The summed E-state index contributed by atoms with van der Waals surface area (Å²) in [6, 6.07) is 7.74. The Hall–Kier alpha value is -1.37. The zero-order chi connectivity index (χ0) is 16.2. The van der Waals surface area contributed by atoms with Crippen LogP contribution in [0.2, 0.25) is 0 Å². The maximum Gasteiger partial charge on any atom is 0.244 e. The van der Waals surface area contributed by atoms with E-state index in [9.17, 15) is 4.79 Å². The third-order valence-electron chi connectivity index (χ3n) is 3.20. The van der Waals surface area contributed by atoms with Gasteiger partial charge in [0.1, 0.15) is 0 Å². The molecule has 0 aliphatic rings. The molecule has 3 N–H and O–H groups in total. The minimum Gasteiger partial charge on any atom is -0.325 e. The number of thiazole rings is 1. The molecule has 22 heavy (non-hydrogen) atoms. The maximum absolute atomic E-state index is 12.2. The first kappa shape index (κ1) is 17.0. The van der Waals surface area contributed by atoms with E-state index in [0.717, 1.165) is 27.0 Å². The molecule has 0 bridgehead atoms. The average molecular weight is 335 g/mol. The van der Waals surface area contributed by atoms with E-state index in [4.69, 9.17) is 5.73 Å². The Balaban J connectivity index is 1.98.